The number of carbonyl (C=O) groups is 3. The molecule has 0 spiro atoms. The molecule has 5 heteroatoms. The molecular weight excluding hydrogens is 364 g/mol. The third kappa shape index (κ3) is 5.49. The van der Waals surface area contributed by atoms with Crippen LogP contribution in [0.3, 0.4) is 0 Å². The van der Waals surface area contributed by atoms with Crippen molar-refractivity contribution in [3.05, 3.63) is 107 Å². The smallest absolute Gasteiger partial charge is 0.272 e. The second-order valence-corrected chi connectivity index (χ2v) is 6.38. The fraction of sp³-hybridized carbons (Fsp3) is 0.0417. The molecule has 2 amide bonds. The van der Waals surface area contributed by atoms with Crippen LogP contribution in [0.25, 0.3) is 6.08 Å². The zero-order chi connectivity index (χ0) is 20.6. The van der Waals surface area contributed by atoms with Crippen LogP contribution in [0.1, 0.15) is 33.2 Å². The van der Waals surface area contributed by atoms with Gasteiger partial charge in [0, 0.05) is 16.8 Å². The third-order valence-corrected chi connectivity index (χ3v) is 4.17. The van der Waals surface area contributed by atoms with Crippen LogP contribution in [0, 0.1) is 0 Å². The zero-order valence-corrected chi connectivity index (χ0v) is 15.9. The van der Waals surface area contributed by atoms with E-state index in [0.29, 0.717) is 16.8 Å². The Labute approximate surface area is 169 Å². The number of hydrogen-bond donors (Lipinski definition) is 2. The number of rotatable bonds is 6. The molecule has 0 fully saturated rings. The topological polar surface area (TPSA) is 75.3 Å². The molecule has 3 rings (SSSR count). The van der Waals surface area contributed by atoms with Gasteiger partial charge in [0.25, 0.3) is 11.8 Å². The molecule has 0 bridgehead atoms. The molecule has 0 aromatic heterocycles. The maximum atomic E-state index is 12.9. The minimum atomic E-state index is -0.487. The van der Waals surface area contributed by atoms with Crippen LogP contribution < -0.4 is 10.6 Å². The molecule has 0 radical (unpaired) electrons. The van der Waals surface area contributed by atoms with Crippen molar-refractivity contribution in [1.82, 2.24) is 5.32 Å². The first-order valence-electron chi connectivity index (χ1n) is 9.08. The predicted octanol–water partition coefficient (Wildman–Crippen LogP) is 4.30. The maximum Gasteiger partial charge on any atom is 0.272 e. The molecule has 0 heterocycles. The molecule has 29 heavy (non-hydrogen) atoms. The second kappa shape index (κ2) is 9.28. The molecule has 3 aromatic carbocycles. The van der Waals surface area contributed by atoms with Gasteiger partial charge < -0.3 is 10.6 Å². The average molecular weight is 384 g/mol. The minimum absolute atomic E-state index is 0.0956. The second-order valence-electron chi connectivity index (χ2n) is 6.38. The van der Waals surface area contributed by atoms with Gasteiger partial charge in [-0.1, -0.05) is 60.7 Å². The summed E-state index contributed by atoms with van der Waals surface area (Å²) in [6, 6.07) is 24.5. The average Bonchev–Trinajstić information content (AvgIpc) is 2.74. The predicted molar refractivity (Wildman–Crippen MR) is 113 cm³/mol. The summed E-state index contributed by atoms with van der Waals surface area (Å²) in [5.74, 6) is -0.974. The quantitative estimate of drug-likeness (QED) is 0.491. The Balaban J connectivity index is 1.87. The van der Waals surface area contributed by atoms with E-state index in [-0.39, 0.29) is 17.4 Å². The van der Waals surface area contributed by atoms with Crippen molar-refractivity contribution < 1.29 is 14.4 Å². The van der Waals surface area contributed by atoms with Crippen molar-refractivity contribution in [2.24, 2.45) is 0 Å². The first-order valence-corrected chi connectivity index (χ1v) is 9.08. The van der Waals surface area contributed by atoms with Crippen LogP contribution in [0.15, 0.2) is 90.6 Å². The number of Topliss-reactive ketones (excluding diaryl/α,β-unsaturated/α-hetero) is 1. The van der Waals surface area contributed by atoms with Gasteiger partial charge in [-0.05, 0) is 42.8 Å². The lowest BCUT2D eigenvalue weighted by Crippen LogP contribution is -2.30. The number of nitrogens with one attached hydrogen (secondary N) is 2. The number of anilines is 1. The van der Waals surface area contributed by atoms with Gasteiger partial charge >= 0.3 is 0 Å². The Morgan fingerprint density at radius 3 is 2.03 bits per heavy atom. The van der Waals surface area contributed by atoms with E-state index in [9.17, 15) is 14.4 Å². The summed E-state index contributed by atoms with van der Waals surface area (Å²) in [4.78, 5) is 37.0. The van der Waals surface area contributed by atoms with Crippen LogP contribution >= 0.6 is 0 Å². The SMILES string of the molecule is CC(=O)c1cccc(NC(=O)/C(=C/c2ccccc2)NC(=O)c2ccccc2)c1. The highest BCUT2D eigenvalue weighted by Gasteiger charge is 2.15. The number of carbonyl (C=O) groups excluding carboxylic acids is 3. The van der Waals surface area contributed by atoms with Crippen LogP contribution in [0.4, 0.5) is 5.69 Å². The lowest BCUT2D eigenvalue weighted by molar-refractivity contribution is -0.113. The van der Waals surface area contributed by atoms with Gasteiger partial charge in [-0.2, -0.15) is 0 Å². The van der Waals surface area contributed by atoms with E-state index in [4.69, 9.17) is 0 Å². The van der Waals surface area contributed by atoms with Crippen LogP contribution in [0.5, 0.6) is 0 Å². The summed E-state index contributed by atoms with van der Waals surface area (Å²) in [5, 5.41) is 5.42. The van der Waals surface area contributed by atoms with Crippen molar-refractivity contribution in [2.75, 3.05) is 5.32 Å². The van der Waals surface area contributed by atoms with E-state index in [1.165, 1.54) is 6.92 Å². The fourth-order valence-electron chi connectivity index (χ4n) is 2.67. The van der Waals surface area contributed by atoms with E-state index in [2.05, 4.69) is 10.6 Å². The van der Waals surface area contributed by atoms with Gasteiger partial charge in [0.1, 0.15) is 5.70 Å². The van der Waals surface area contributed by atoms with E-state index in [0.717, 1.165) is 5.56 Å². The molecule has 144 valence electrons. The van der Waals surface area contributed by atoms with Gasteiger partial charge in [-0.25, -0.2) is 0 Å². The lowest BCUT2D eigenvalue weighted by Gasteiger charge is -2.12. The molecule has 0 aliphatic carbocycles. The van der Waals surface area contributed by atoms with E-state index >= 15 is 0 Å². The minimum Gasteiger partial charge on any atom is -0.321 e. The molecule has 5 nitrogen and oxygen atoms in total. The third-order valence-electron chi connectivity index (χ3n) is 4.17. The Morgan fingerprint density at radius 2 is 1.38 bits per heavy atom. The molecule has 2 N–H and O–H groups in total. The maximum absolute atomic E-state index is 12.9. The van der Waals surface area contributed by atoms with Gasteiger partial charge in [-0.3, -0.25) is 14.4 Å². The van der Waals surface area contributed by atoms with Crippen LogP contribution in [-0.2, 0) is 4.79 Å². The number of hydrogen-bond acceptors (Lipinski definition) is 3. The van der Waals surface area contributed by atoms with E-state index < -0.39 is 5.91 Å². The first-order chi connectivity index (χ1) is 14.0. The summed E-state index contributed by atoms with van der Waals surface area (Å²) >= 11 is 0. The first kappa shape index (κ1) is 19.8. The molecule has 3 aromatic rings. The van der Waals surface area contributed by atoms with Crippen molar-refractivity contribution in [3.63, 3.8) is 0 Å². The zero-order valence-electron chi connectivity index (χ0n) is 15.9. The van der Waals surface area contributed by atoms with Gasteiger partial charge in [0.15, 0.2) is 5.78 Å². The summed E-state index contributed by atoms with van der Waals surface area (Å²) < 4.78 is 0. The van der Waals surface area contributed by atoms with Crippen molar-refractivity contribution in [1.29, 1.82) is 0 Å². The number of amides is 2. The van der Waals surface area contributed by atoms with Crippen LogP contribution in [0.2, 0.25) is 0 Å². The fourth-order valence-corrected chi connectivity index (χ4v) is 2.67. The highest BCUT2D eigenvalue weighted by Crippen LogP contribution is 2.14. The monoisotopic (exact) mass is 384 g/mol. The normalized spacial score (nSPS) is 10.9. The van der Waals surface area contributed by atoms with Crippen molar-refractivity contribution >= 4 is 29.4 Å². The Hall–Kier alpha value is -3.99. The molecule has 0 aliphatic heterocycles. The van der Waals surface area contributed by atoms with E-state index in [1.807, 2.05) is 36.4 Å². The summed E-state index contributed by atoms with van der Waals surface area (Å²) in [7, 11) is 0. The van der Waals surface area contributed by atoms with Gasteiger partial charge in [0.05, 0.1) is 0 Å². The van der Waals surface area contributed by atoms with Gasteiger partial charge in [-0.15, -0.1) is 0 Å². The molecule has 0 aliphatic rings. The summed E-state index contributed by atoms with van der Waals surface area (Å²) in [6.07, 6.45) is 1.60. The highest BCUT2D eigenvalue weighted by atomic mass is 16.2. The molecule has 0 saturated heterocycles. The van der Waals surface area contributed by atoms with E-state index in [1.54, 1.807) is 54.6 Å². The lowest BCUT2D eigenvalue weighted by atomic mass is 10.1. The Morgan fingerprint density at radius 1 is 0.759 bits per heavy atom. The standard InChI is InChI=1S/C24H20N2O3/c1-17(27)20-13-8-14-21(16-20)25-24(29)22(15-18-9-4-2-5-10-18)26-23(28)19-11-6-3-7-12-19/h2-16H,1H3,(H,25,29)(H,26,28)/b22-15-. The van der Waals surface area contributed by atoms with Crippen LogP contribution in [-0.4, -0.2) is 17.6 Å². The Kier molecular flexibility index (Phi) is 6.32. The summed E-state index contributed by atoms with van der Waals surface area (Å²) in [6.45, 7) is 1.46. The Bertz CT molecular complexity index is 1060. The van der Waals surface area contributed by atoms with Crippen molar-refractivity contribution in [2.45, 2.75) is 6.92 Å². The molecule has 0 atom stereocenters. The van der Waals surface area contributed by atoms with Gasteiger partial charge in [0.2, 0.25) is 0 Å². The molecule has 0 unspecified atom stereocenters. The number of ketones is 1. The summed E-state index contributed by atoms with van der Waals surface area (Å²) in [5.41, 5.74) is 2.26. The van der Waals surface area contributed by atoms with Crippen molar-refractivity contribution in [3.8, 4) is 0 Å². The highest BCUT2D eigenvalue weighted by molar-refractivity contribution is 6.11. The number of benzene rings is 3. The largest absolute Gasteiger partial charge is 0.321 e. The molecular formula is C24H20N2O3. The molecule has 0 saturated carbocycles.